The van der Waals surface area contributed by atoms with E-state index in [-0.39, 0.29) is 6.04 Å². The first kappa shape index (κ1) is 19.0. The number of likely N-dealkylation sites (N-methyl/N-ethyl adjacent to an activating group) is 1. The van der Waals surface area contributed by atoms with E-state index in [9.17, 15) is 8.42 Å². The molecule has 0 radical (unpaired) electrons. The highest BCUT2D eigenvalue weighted by Gasteiger charge is 2.26. The number of thiophene rings is 2. The van der Waals surface area contributed by atoms with Gasteiger partial charge in [0.05, 0.1) is 0 Å². The third kappa shape index (κ3) is 4.69. The molecule has 0 aliphatic carbocycles. The van der Waals surface area contributed by atoms with Crippen LogP contribution in [0.5, 0.6) is 0 Å². The lowest BCUT2D eigenvalue weighted by Gasteiger charge is -2.37. The Labute approximate surface area is 158 Å². The molecule has 25 heavy (non-hydrogen) atoms. The summed E-state index contributed by atoms with van der Waals surface area (Å²) in [4.78, 5) is 5.79. The summed E-state index contributed by atoms with van der Waals surface area (Å²) in [5, 5.41) is 4.18. The van der Waals surface area contributed by atoms with Crippen molar-refractivity contribution in [2.24, 2.45) is 0 Å². The molecular weight excluding hydrogens is 374 g/mol. The molecule has 1 saturated heterocycles. The molecule has 3 rings (SSSR count). The van der Waals surface area contributed by atoms with Crippen LogP contribution in [0.4, 0.5) is 0 Å². The third-order valence-corrected chi connectivity index (χ3v) is 8.47. The van der Waals surface area contributed by atoms with Crippen LogP contribution >= 0.6 is 22.7 Å². The minimum atomic E-state index is -3.45. The maximum Gasteiger partial charge on any atom is 0.250 e. The lowest BCUT2D eigenvalue weighted by atomic mass is 10.1. The largest absolute Gasteiger partial charge is 0.304 e. The van der Waals surface area contributed by atoms with Crippen molar-refractivity contribution in [3.8, 4) is 0 Å². The highest BCUT2D eigenvalue weighted by molar-refractivity contribution is 7.91. The Morgan fingerprint density at radius 1 is 1.20 bits per heavy atom. The van der Waals surface area contributed by atoms with Crippen molar-refractivity contribution >= 4 is 32.7 Å². The molecule has 1 aliphatic heterocycles. The van der Waals surface area contributed by atoms with E-state index in [0.29, 0.717) is 10.8 Å². The van der Waals surface area contributed by atoms with E-state index >= 15 is 0 Å². The van der Waals surface area contributed by atoms with Gasteiger partial charge in [-0.1, -0.05) is 6.92 Å². The molecule has 1 atom stereocenters. The normalized spacial score (nSPS) is 18.5. The van der Waals surface area contributed by atoms with Gasteiger partial charge in [-0.15, -0.1) is 11.3 Å². The summed E-state index contributed by atoms with van der Waals surface area (Å²) in [6.45, 7) is 6.38. The van der Waals surface area contributed by atoms with Crippen molar-refractivity contribution in [1.29, 1.82) is 0 Å². The molecule has 0 saturated carbocycles. The molecule has 138 valence electrons. The van der Waals surface area contributed by atoms with Crippen molar-refractivity contribution in [3.63, 3.8) is 0 Å². The van der Waals surface area contributed by atoms with Gasteiger partial charge in [-0.05, 0) is 48.0 Å². The highest BCUT2D eigenvalue weighted by Crippen LogP contribution is 2.26. The molecule has 1 fully saturated rings. The monoisotopic (exact) mass is 399 g/mol. The highest BCUT2D eigenvalue weighted by atomic mass is 32.2. The van der Waals surface area contributed by atoms with Gasteiger partial charge in [-0.3, -0.25) is 4.90 Å². The first-order valence-corrected chi connectivity index (χ1v) is 11.8. The molecule has 2 aromatic heterocycles. The van der Waals surface area contributed by atoms with Crippen molar-refractivity contribution in [2.45, 2.75) is 23.6 Å². The quantitative estimate of drug-likeness (QED) is 0.778. The van der Waals surface area contributed by atoms with Crippen LogP contribution in [-0.4, -0.2) is 58.0 Å². The first-order valence-electron chi connectivity index (χ1n) is 8.52. The Kier molecular flexibility index (Phi) is 6.30. The summed E-state index contributed by atoms with van der Waals surface area (Å²) in [5.74, 6) is 0. The van der Waals surface area contributed by atoms with E-state index in [1.807, 2.05) is 13.0 Å². The molecule has 1 unspecified atom stereocenters. The number of hydrogen-bond donors (Lipinski definition) is 1. The van der Waals surface area contributed by atoms with Crippen LogP contribution in [0, 0.1) is 0 Å². The second-order valence-electron chi connectivity index (χ2n) is 6.34. The molecule has 0 amide bonds. The Bertz CT molecular complexity index is 763. The fourth-order valence-electron chi connectivity index (χ4n) is 3.01. The van der Waals surface area contributed by atoms with Gasteiger partial charge in [0.15, 0.2) is 0 Å². The predicted molar refractivity (Wildman–Crippen MR) is 105 cm³/mol. The number of aryl methyl sites for hydroxylation is 1. The van der Waals surface area contributed by atoms with Gasteiger partial charge in [-0.2, -0.15) is 11.3 Å². The Morgan fingerprint density at radius 2 is 1.96 bits per heavy atom. The Hall–Kier alpha value is -0.770. The van der Waals surface area contributed by atoms with Gasteiger partial charge in [-0.25, -0.2) is 13.1 Å². The van der Waals surface area contributed by atoms with Crippen LogP contribution < -0.4 is 4.72 Å². The average Bonchev–Trinajstić information content (AvgIpc) is 3.28. The average molecular weight is 400 g/mol. The topological polar surface area (TPSA) is 52.7 Å². The summed E-state index contributed by atoms with van der Waals surface area (Å²) in [5.41, 5.74) is 1.19. The smallest absolute Gasteiger partial charge is 0.250 e. The summed E-state index contributed by atoms with van der Waals surface area (Å²) in [6, 6.07) is 5.79. The number of piperazine rings is 1. The van der Waals surface area contributed by atoms with E-state index in [2.05, 4.69) is 38.4 Å². The number of hydrogen-bond acceptors (Lipinski definition) is 6. The molecule has 0 aromatic carbocycles. The van der Waals surface area contributed by atoms with Crippen LogP contribution in [0.1, 0.15) is 23.4 Å². The van der Waals surface area contributed by atoms with Gasteiger partial charge < -0.3 is 4.90 Å². The van der Waals surface area contributed by atoms with Gasteiger partial charge in [0.2, 0.25) is 10.0 Å². The maximum atomic E-state index is 12.6. The molecule has 5 nitrogen and oxygen atoms in total. The number of nitrogens with zero attached hydrogens (tertiary/aromatic N) is 2. The van der Waals surface area contributed by atoms with Gasteiger partial charge >= 0.3 is 0 Å². The third-order valence-electron chi connectivity index (χ3n) is 4.62. The fourth-order valence-corrected chi connectivity index (χ4v) is 6.09. The maximum absolute atomic E-state index is 12.6. The number of nitrogens with one attached hydrogen (secondary N) is 1. The summed E-state index contributed by atoms with van der Waals surface area (Å²) in [7, 11) is -1.32. The Morgan fingerprint density at radius 3 is 2.56 bits per heavy atom. The summed E-state index contributed by atoms with van der Waals surface area (Å²) < 4.78 is 28.5. The van der Waals surface area contributed by atoms with E-state index in [0.717, 1.165) is 37.5 Å². The number of sulfonamides is 1. The van der Waals surface area contributed by atoms with Gasteiger partial charge in [0.25, 0.3) is 0 Å². The molecule has 8 heteroatoms. The SMILES string of the molecule is CCc1ccc(S(=O)(=O)NCC(c2ccsc2)N2CCN(C)CC2)s1. The second-order valence-corrected chi connectivity index (χ2v) is 10.3. The van der Waals surface area contributed by atoms with E-state index in [4.69, 9.17) is 0 Å². The van der Waals surface area contributed by atoms with Crippen molar-refractivity contribution in [1.82, 2.24) is 14.5 Å². The molecule has 2 aromatic rings. The molecule has 0 spiro atoms. The lowest BCUT2D eigenvalue weighted by Crippen LogP contribution is -2.48. The van der Waals surface area contributed by atoms with Crippen molar-refractivity contribution < 1.29 is 8.42 Å². The standard InChI is InChI=1S/C17H25N3O2S3/c1-3-15-4-5-17(24-15)25(21,22)18-12-16(14-6-11-23-13-14)20-9-7-19(2)8-10-20/h4-6,11,13,16,18H,3,7-10,12H2,1-2H3. The predicted octanol–water partition coefficient (Wildman–Crippen LogP) is 2.64. The zero-order chi connectivity index (χ0) is 17.9. The lowest BCUT2D eigenvalue weighted by molar-refractivity contribution is 0.113. The molecule has 1 aliphatic rings. The van der Waals surface area contributed by atoms with Crippen molar-refractivity contribution in [2.75, 3.05) is 39.8 Å². The van der Waals surface area contributed by atoms with E-state index in [1.165, 1.54) is 16.9 Å². The van der Waals surface area contributed by atoms with Crippen LogP contribution in [0.25, 0.3) is 0 Å². The van der Waals surface area contributed by atoms with Crippen LogP contribution in [0.15, 0.2) is 33.2 Å². The first-order chi connectivity index (χ1) is 12.0. The molecule has 3 heterocycles. The molecule has 1 N–H and O–H groups in total. The Balaban J connectivity index is 1.72. The van der Waals surface area contributed by atoms with E-state index in [1.54, 1.807) is 17.4 Å². The van der Waals surface area contributed by atoms with E-state index < -0.39 is 10.0 Å². The molecule has 0 bridgehead atoms. The van der Waals surface area contributed by atoms with Crippen LogP contribution in [0.3, 0.4) is 0 Å². The minimum absolute atomic E-state index is 0.0836. The van der Waals surface area contributed by atoms with Gasteiger partial charge in [0.1, 0.15) is 4.21 Å². The zero-order valence-corrected chi connectivity index (χ0v) is 17.1. The molecular formula is C17H25N3O2S3. The van der Waals surface area contributed by atoms with Crippen LogP contribution in [-0.2, 0) is 16.4 Å². The van der Waals surface area contributed by atoms with Crippen LogP contribution in [0.2, 0.25) is 0 Å². The fraction of sp³-hybridized carbons (Fsp3) is 0.529. The zero-order valence-electron chi connectivity index (χ0n) is 14.6. The minimum Gasteiger partial charge on any atom is -0.304 e. The second kappa shape index (κ2) is 8.28. The summed E-state index contributed by atoms with van der Waals surface area (Å²) >= 11 is 3.01. The van der Waals surface area contributed by atoms with Gasteiger partial charge in [0, 0.05) is 43.6 Å². The van der Waals surface area contributed by atoms with Crippen molar-refractivity contribution in [3.05, 3.63) is 39.4 Å². The summed E-state index contributed by atoms with van der Waals surface area (Å²) in [6.07, 6.45) is 0.860. The number of rotatable bonds is 7.